The molecule has 0 unspecified atom stereocenters. The smallest absolute Gasteiger partial charge is 0.265 e. The predicted octanol–water partition coefficient (Wildman–Crippen LogP) is 3.55. The van der Waals surface area contributed by atoms with Crippen LogP contribution >= 0.6 is 0 Å². The molecule has 0 bridgehead atoms. The summed E-state index contributed by atoms with van der Waals surface area (Å²) in [5.41, 5.74) is 4.79. The fourth-order valence-corrected chi connectivity index (χ4v) is 5.02. The van der Waals surface area contributed by atoms with Crippen molar-refractivity contribution in [2.24, 2.45) is 5.10 Å². The maximum Gasteiger partial charge on any atom is 0.265 e. The van der Waals surface area contributed by atoms with E-state index in [-0.39, 0.29) is 11.4 Å². The van der Waals surface area contributed by atoms with E-state index in [9.17, 15) is 13.2 Å². The maximum absolute atomic E-state index is 12.9. The van der Waals surface area contributed by atoms with Gasteiger partial charge in [0.2, 0.25) is 0 Å². The van der Waals surface area contributed by atoms with E-state index < -0.39 is 15.9 Å². The van der Waals surface area contributed by atoms with E-state index in [2.05, 4.69) is 10.5 Å². The van der Waals surface area contributed by atoms with Gasteiger partial charge in [0.25, 0.3) is 15.9 Å². The largest absolute Gasteiger partial charge is 0.271 e. The lowest BCUT2D eigenvalue weighted by Crippen LogP contribution is -2.37. The van der Waals surface area contributed by atoms with Gasteiger partial charge in [-0.15, -0.1) is 0 Å². The average Bonchev–Trinajstić information content (AvgIpc) is 2.92. The summed E-state index contributed by atoms with van der Waals surface area (Å²) < 4.78 is 26.9. The minimum atomic E-state index is -3.77. The van der Waals surface area contributed by atoms with Crippen LogP contribution in [0, 0.1) is 0 Å². The van der Waals surface area contributed by atoms with Gasteiger partial charge in [0.05, 0.1) is 16.8 Å². The second-order valence-electron chi connectivity index (χ2n) is 6.74. The van der Waals surface area contributed by atoms with E-state index in [0.29, 0.717) is 11.1 Å². The number of anilines is 1. The van der Waals surface area contributed by atoms with Crippen LogP contribution in [0.2, 0.25) is 0 Å². The molecule has 0 radical (unpaired) electrons. The van der Waals surface area contributed by atoms with E-state index in [1.54, 1.807) is 24.3 Å². The number of allylic oxidation sites excluding steroid dienone is 1. The van der Waals surface area contributed by atoms with Gasteiger partial charge in [-0.05, 0) is 35.6 Å². The highest BCUT2D eigenvalue weighted by molar-refractivity contribution is 7.93. The number of hydrazone groups is 1. The topological polar surface area (TPSA) is 78.8 Å². The van der Waals surface area contributed by atoms with Crippen LogP contribution in [0.25, 0.3) is 16.8 Å². The normalized spacial score (nSPS) is 15.2. The Hall–Kier alpha value is -3.45. The van der Waals surface area contributed by atoms with Gasteiger partial charge in [0.15, 0.2) is 0 Å². The van der Waals surface area contributed by atoms with Crippen molar-refractivity contribution in [3.05, 3.63) is 77.9 Å². The predicted molar refractivity (Wildman–Crippen MR) is 115 cm³/mol. The zero-order valence-corrected chi connectivity index (χ0v) is 16.6. The Labute approximate surface area is 169 Å². The summed E-state index contributed by atoms with van der Waals surface area (Å²) in [7, 11) is -3.77. The number of sulfonamides is 1. The first kappa shape index (κ1) is 18.9. The Morgan fingerprint density at radius 2 is 1.76 bits per heavy atom. The van der Waals surface area contributed by atoms with Crippen LogP contribution in [0.15, 0.2) is 82.3 Å². The molecule has 0 saturated heterocycles. The molecule has 0 saturated carbocycles. The highest BCUT2D eigenvalue weighted by Crippen LogP contribution is 2.41. The molecule has 1 heterocycles. The number of rotatable bonds is 5. The number of amides is 1. The minimum Gasteiger partial charge on any atom is -0.271 e. The molecule has 3 aromatic carbocycles. The third-order valence-corrected chi connectivity index (χ3v) is 6.42. The van der Waals surface area contributed by atoms with Crippen molar-refractivity contribution in [1.82, 2.24) is 5.43 Å². The zero-order valence-electron chi connectivity index (χ0n) is 15.7. The monoisotopic (exact) mass is 405 g/mol. The summed E-state index contributed by atoms with van der Waals surface area (Å²) in [6, 6.07) is 20.2. The summed E-state index contributed by atoms with van der Waals surface area (Å²) in [5.74, 6) is -0.512. The van der Waals surface area contributed by atoms with Crippen LogP contribution in [0.1, 0.15) is 12.5 Å². The lowest BCUT2D eigenvalue weighted by atomic mass is 10.1. The van der Waals surface area contributed by atoms with Crippen molar-refractivity contribution in [3.8, 4) is 0 Å². The van der Waals surface area contributed by atoms with Crippen LogP contribution < -0.4 is 9.73 Å². The second kappa shape index (κ2) is 7.52. The van der Waals surface area contributed by atoms with E-state index in [4.69, 9.17) is 0 Å². The molecule has 7 heteroatoms. The highest BCUT2D eigenvalue weighted by atomic mass is 32.2. The van der Waals surface area contributed by atoms with Crippen molar-refractivity contribution in [2.75, 3.05) is 10.8 Å². The molecule has 3 aromatic rings. The van der Waals surface area contributed by atoms with Crippen LogP contribution in [-0.2, 0) is 14.8 Å². The quantitative estimate of drug-likeness (QED) is 0.521. The van der Waals surface area contributed by atoms with Gasteiger partial charge >= 0.3 is 0 Å². The van der Waals surface area contributed by atoms with Gasteiger partial charge in [0, 0.05) is 5.39 Å². The summed E-state index contributed by atoms with van der Waals surface area (Å²) in [6.07, 6.45) is 3.46. The Kier molecular flexibility index (Phi) is 4.90. The molecule has 1 aliphatic rings. The second-order valence-corrected chi connectivity index (χ2v) is 8.57. The molecule has 0 aromatic heterocycles. The van der Waals surface area contributed by atoms with Crippen molar-refractivity contribution >= 4 is 44.7 Å². The SMILES string of the molecule is CC(/C=N\NC(=O)CN1c2cccc3cccc(c23)S1(=O)=O)=C\c1ccccc1. The average molecular weight is 405 g/mol. The number of nitrogens with one attached hydrogen (secondary N) is 1. The van der Waals surface area contributed by atoms with Crippen LogP contribution in [-0.4, -0.2) is 27.1 Å². The summed E-state index contributed by atoms with van der Waals surface area (Å²) >= 11 is 0. The summed E-state index contributed by atoms with van der Waals surface area (Å²) in [5, 5.41) is 5.41. The molecule has 1 N–H and O–H groups in total. The Morgan fingerprint density at radius 1 is 1.03 bits per heavy atom. The van der Waals surface area contributed by atoms with E-state index in [1.807, 2.05) is 55.5 Å². The van der Waals surface area contributed by atoms with Crippen molar-refractivity contribution < 1.29 is 13.2 Å². The molecule has 0 atom stereocenters. The molecule has 4 rings (SSSR count). The van der Waals surface area contributed by atoms with Gasteiger partial charge in [-0.2, -0.15) is 5.10 Å². The number of carbonyl (C=O) groups is 1. The fourth-order valence-electron chi connectivity index (χ4n) is 3.35. The Bertz CT molecular complexity index is 1240. The minimum absolute atomic E-state index is 0.226. The Morgan fingerprint density at radius 3 is 2.52 bits per heavy atom. The van der Waals surface area contributed by atoms with Crippen LogP contribution in [0.5, 0.6) is 0 Å². The third kappa shape index (κ3) is 3.64. The highest BCUT2D eigenvalue weighted by Gasteiger charge is 2.36. The zero-order chi connectivity index (χ0) is 20.4. The molecule has 29 heavy (non-hydrogen) atoms. The van der Waals surface area contributed by atoms with Crippen LogP contribution in [0.4, 0.5) is 5.69 Å². The number of nitrogens with zero attached hydrogens (tertiary/aromatic N) is 2. The molecule has 0 aliphatic carbocycles. The van der Waals surface area contributed by atoms with E-state index in [1.165, 1.54) is 6.21 Å². The fraction of sp³-hybridized carbons (Fsp3) is 0.0909. The van der Waals surface area contributed by atoms with Gasteiger partial charge in [-0.25, -0.2) is 13.8 Å². The van der Waals surface area contributed by atoms with Gasteiger partial charge in [-0.3, -0.25) is 9.10 Å². The van der Waals surface area contributed by atoms with Crippen molar-refractivity contribution in [3.63, 3.8) is 0 Å². The van der Waals surface area contributed by atoms with Gasteiger partial charge in [-0.1, -0.05) is 60.7 Å². The van der Waals surface area contributed by atoms with Crippen molar-refractivity contribution in [1.29, 1.82) is 0 Å². The molecule has 1 amide bonds. The molecule has 0 fully saturated rings. The molecule has 146 valence electrons. The maximum atomic E-state index is 12.9. The number of carbonyl (C=O) groups excluding carboxylic acids is 1. The summed E-state index contributed by atoms with van der Waals surface area (Å²) in [4.78, 5) is 12.6. The Balaban J connectivity index is 1.48. The number of hydrogen-bond donors (Lipinski definition) is 1. The number of benzene rings is 3. The molecule has 0 spiro atoms. The third-order valence-electron chi connectivity index (χ3n) is 4.62. The standard InChI is InChI=1S/C22H19N3O3S/c1-16(13-17-7-3-2-4-8-17)14-23-24-21(26)15-25-19-11-5-9-18-10-6-12-20(22(18)19)29(25,27)28/h2-14H,15H2,1H3,(H,24,26)/b16-13+,23-14-. The first-order valence-corrected chi connectivity index (χ1v) is 10.5. The lowest BCUT2D eigenvalue weighted by molar-refractivity contribution is -0.119. The van der Waals surface area contributed by atoms with Crippen molar-refractivity contribution in [2.45, 2.75) is 11.8 Å². The molecular weight excluding hydrogens is 386 g/mol. The summed E-state index contributed by atoms with van der Waals surface area (Å²) in [6.45, 7) is 1.53. The van der Waals surface area contributed by atoms with Gasteiger partial charge in [0.1, 0.15) is 6.54 Å². The first-order chi connectivity index (χ1) is 14.0. The molecule has 6 nitrogen and oxygen atoms in total. The molecular formula is C22H19N3O3S. The van der Waals surface area contributed by atoms with Gasteiger partial charge < -0.3 is 0 Å². The van der Waals surface area contributed by atoms with E-state index >= 15 is 0 Å². The number of hydrogen-bond acceptors (Lipinski definition) is 4. The lowest BCUT2D eigenvalue weighted by Gasteiger charge is -2.17. The molecule has 1 aliphatic heterocycles. The van der Waals surface area contributed by atoms with Crippen LogP contribution in [0.3, 0.4) is 0 Å². The van der Waals surface area contributed by atoms with E-state index in [0.717, 1.165) is 20.8 Å². The first-order valence-electron chi connectivity index (χ1n) is 9.06.